The number of ketones is 1. The zero-order valence-electron chi connectivity index (χ0n) is 18.0. The minimum absolute atomic E-state index is 0.0578. The molecule has 0 atom stereocenters. The molecule has 0 unspecified atom stereocenters. The molecule has 0 aliphatic carbocycles. The van der Waals surface area contributed by atoms with Crippen LogP contribution in [0.1, 0.15) is 28.9 Å². The number of hydrogen-bond acceptors (Lipinski definition) is 7. The summed E-state index contributed by atoms with van der Waals surface area (Å²) in [7, 11) is 0. The largest absolute Gasteiger partial charge is 0.446 e. The Morgan fingerprint density at radius 1 is 1.12 bits per heavy atom. The lowest BCUT2D eigenvalue weighted by Crippen LogP contribution is -2.36. The number of amides is 1. The van der Waals surface area contributed by atoms with E-state index in [4.69, 9.17) is 9.47 Å². The van der Waals surface area contributed by atoms with Gasteiger partial charge in [-0.2, -0.15) is 0 Å². The van der Waals surface area contributed by atoms with Crippen molar-refractivity contribution in [3.8, 4) is 0 Å². The molecule has 8 nitrogen and oxygen atoms in total. The predicted octanol–water partition coefficient (Wildman–Crippen LogP) is 3.11. The molecule has 2 saturated heterocycles. The van der Waals surface area contributed by atoms with Crippen LogP contribution in [0.25, 0.3) is 6.08 Å². The molecule has 0 bridgehead atoms. The minimum Gasteiger partial charge on any atom is -0.446 e. The van der Waals surface area contributed by atoms with Crippen LogP contribution < -0.4 is 15.5 Å². The Morgan fingerprint density at radius 3 is 2.62 bits per heavy atom. The van der Waals surface area contributed by atoms with E-state index in [1.54, 1.807) is 36.5 Å². The molecular weight excluding hydrogens is 408 g/mol. The van der Waals surface area contributed by atoms with Crippen molar-refractivity contribution < 1.29 is 19.1 Å². The molecular formula is C24H28N4O4. The Morgan fingerprint density at radius 2 is 1.88 bits per heavy atom. The van der Waals surface area contributed by atoms with Gasteiger partial charge in [-0.3, -0.25) is 15.1 Å². The average Bonchev–Trinajstić information content (AvgIpc) is 2.84. The summed E-state index contributed by atoms with van der Waals surface area (Å²) >= 11 is 0. The van der Waals surface area contributed by atoms with Gasteiger partial charge in [-0.05, 0) is 74.5 Å². The highest BCUT2D eigenvalue weighted by Crippen LogP contribution is 2.17. The van der Waals surface area contributed by atoms with Gasteiger partial charge in [0.15, 0.2) is 5.78 Å². The molecule has 2 N–H and O–H groups in total. The zero-order valence-corrected chi connectivity index (χ0v) is 18.0. The Labute approximate surface area is 187 Å². The molecule has 8 heteroatoms. The van der Waals surface area contributed by atoms with Crippen LogP contribution >= 0.6 is 0 Å². The highest BCUT2D eigenvalue weighted by molar-refractivity contribution is 6.07. The number of anilines is 2. The van der Waals surface area contributed by atoms with E-state index in [1.165, 1.54) is 6.08 Å². The van der Waals surface area contributed by atoms with Gasteiger partial charge in [-0.15, -0.1) is 0 Å². The van der Waals surface area contributed by atoms with Crippen molar-refractivity contribution in [2.75, 3.05) is 49.6 Å². The summed E-state index contributed by atoms with van der Waals surface area (Å²) in [6.45, 7) is 4.83. The van der Waals surface area contributed by atoms with Gasteiger partial charge >= 0.3 is 6.09 Å². The van der Waals surface area contributed by atoms with Crippen molar-refractivity contribution in [3.05, 3.63) is 59.9 Å². The third-order valence-electron chi connectivity index (χ3n) is 5.52. The van der Waals surface area contributed by atoms with Crippen molar-refractivity contribution >= 4 is 29.3 Å². The second kappa shape index (κ2) is 10.9. The second-order valence-electron chi connectivity index (χ2n) is 7.79. The smallest absolute Gasteiger partial charge is 0.411 e. The quantitative estimate of drug-likeness (QED) is 0.531. The standard InChI is InChI=1S/C24H28N4O4/c29-23(6-5-20-17-21(7-12-26-20)28-13-15-31-16-14-28)18-1-3-19(4-2-18)27-24(30)32-22-8-10-25-11-9-22/h1-7,12,17,22,25H,8-11,13-16H2,(H,27,30). The van der Waals surface area contributed by atoms with Crippen LogP contribution in [-0.4, -0.2) is 62.4 Å². The monoisotopic (exact) mass is 436 g/mol. The van der Waals surface area contributed by atoms with Gasteiger partial charge < -0.3 is 19.7 Å². The number of rotatable bonds is 6. The molecule has 1 aromatic carbocycles. The molecule has 1 amide bonds. The fourth-order valence-electron chi connectivity index (χ4n) is 3.73. The van der Waals surface area contributed by atoms with Crippen LogP contribution in [0.4, 0.5) is 16.2 Å². The normalized spacial score (nSPS) is 17.3. The van der Waals surface area contributed by atoms with E-state index >= 15 is 0 Å². The van der Waals surface area contributed by atoms with E-state index in [1.807, 2.05) is 12.1 Å². The van der Waals surface area contributed by atoms with E-state index in [2.05, 4.69) is 20.5 Å². The van der Waals surface area contributed by atoms with Gasteiger partial charge in [0, 0.05) is 36.2 Å². The molecule has 0 spiro atoms. The third-order valence-corrected chi connectivity index (χ3v) is 5.52. The van der Waals surface area contributed by atoms with Crippen LogP contribution in [-0.2, 0) is 9.47 Å². The molecule has 2 fully saturated rings. The number of hydrogen-bond donors (Lipinski definition) is 2. The van der Waals surface area contributed by atoms with Crippen LogP contribution in [0.15, 0.2) is 48.7 Å². The highest BCUT2D eigenvalue weighted by Gasteiger charge is 2.17. The zero-order chi connectivity index (χ0) is 22.2. The number of nitrogens with zero attached hydrogens (tertiary/aromatic N) is 2. The van der Waals surface area contributed by atoms with Crippen molar-refractivity contribution in [1.29, 1.82) is 0 Å². The van der Waals surface area contributed by atoms with Crippen molar-refractivity contribution in [2.24, 2.45) is 0 Å². The molecule has 0 radical (unpaired) electrons. The second-order valence-corrected chi connectivity index (χ2v) is 7.79. The van der Waals surface area contributed by atoms with E-state index < -0.39 is 6.09 Å². The summed E-state index contributed by atoms with van der Waals surface area (Å²) in [5, 5.41) is 5.95. The van der Waals surface area contributed by atoms with Crippen LogP contribution in [0.3, 0.4) is 0 Å². The van der Waals surface area contributed by atoms with Gasteiger partial charge in [0.05, 0.1) is 18.9 Å². The summed E-state index contributed by atoms with van der Waals surface area (Å²) in [5.41, 5.74) is 2.91. The van der Waals surface area contributed by atoms with Gasteiger partial charge in [-0.1, -0.05) is 0 Å². The van der Waals surface area contributed by atoms with E-state index in [-0.39, 0.29) is 11.9 Å². The molecule has 2 aliphatic rings. The maximum atomic E-state index is 12.5. The Balaban J connectivity index is 1.31. The first-order valence-electron chi connectivity index (χ1n) is 11.0. The maximum absolute atomic E-state index is 12.5. The molecule has 0 saturated carbocycles. The van der Waals surface area contributed by atoms with E-state index in [9.17, 15) is 9.59 Å². The van der Waals surface area contributed by atoms with Crippen LogP contribution in [0.2, 0.25) is 0 Å². The number of morpholine rings is 1. The molecule has 1 aromatic heterocycles. The minimum atomic E-state index is -0.470. The first-order valence-corrected chi connectivity index (χ1v) is 11.0. The molecule has 168 valence electrons. The summed E-state index contributed by atoms with van der Waals surface area (Å²) in [6.07, 6.45) is 6.08. The topological polar surface area (TPSA) is 92.8 Å². The first kappa shape index (κ1) is 22.0. The molecule has 2 aliphatic heterocycles. The van der Waals surface area contributed by atoms with E-state index in [0.717, 1.165) is 50.4 Å². The summed E-state index contributed by atoms with van der Waals surface area (Å²) < 4.78 is 10.8. The molecule has 3 heterocycles. The van der Waals surface area contributed by atoms with Crippen molar-refractivity contribution in [3.63, 3.8) is 0 Å². The highest BCUT2D eigenvalue weighted by atomic mass is 16.6. The molecule has 4 rings (SSSR count). The van der Waals surface area contributed by atoms with Gasteiger partial charge in [-0.25, -0.2) is 4.79 Å². The number of piperidine rings is 1. The van der Waals surface area contributed by atoms with Crippen molar-refractivity contribution in [1.82, 2.24) is 10.3 Å². The summed E-state index contributed by atoms with van der Waals surface area (Å²) in [4.78, 5) is 31.2. The Bertz CT molecular complexity index is 949. The number of carbonyl (C=O) groups is 2. The van der Waals surface area contributed by atoms with Gasteiger partial charge in [0.2, 0.25) is 0 Å². The number of carbonyl (C=O) groups excluding carboxylic acids is 2. The lowest BCUT2D eigenvalue weighted by atomic mass is 10.1. The van der Waals surface area contributed by atoms with Crippen LogP contribution in [0.5, 0.6) is 0 Å². The SMILES string of the molecule is O=C(Nc1ccc(C(=O)C=Cc2cc(N3CCOCC3)ccn2)cc1)OC1CCNCC1. The summed E-state index contributed by atoms with van der Waals surface area (Å²) in [6, 6.07) is 10.7. The number of benzene rings is 1. The number of allylic oxidation sites excluding steroid dienone is 1. The molecule has 2 aromatic rings. The number of nitrogens with one attached hydrogen (secondary N) is 2. The lowest BCUT2D eigenvalue weighted by molar-refractivity contribution is 0.0908. The Kier molecular flexibility index (Phi) is 7.47. The average molecular weight is 437 g/mol. The fourth-order valence-corrected chi connectivity index (χ4v) is 3.73. The number of aromatic nitrogens is 1. The lowest BCUT2D eigenvalue weighted by Gasteiger charge is -2.28. The third kappa shape index (κ3) is 6.15. The maximum Gasteiger partial charge on any atom is 0.411 e. The van der Waals surface area contributed by atoms with Crippen molar-refractivity contribution in [2.45, 2.75) is 18.9 Å². The van der Waals surface area contributed by atoms with Gasteiger partial charge in [0.1, 0.15) is 6.10 Å². The predicted molar refractivity (Wildman–Crippen MR) is 123 cm³/mol. The summed E-state index contributed by atoms with van der Waals surface area (Å²) in [5.74, 6) is -0.132. The number of pyridine rings is 1. The Hall–Kier alpha value is -3.23. The first-order chi connectivity index (χ1) is 15.7. The van der Waals surface area contributed by atoms with Gasteiger partial charge in [0.25, 0.3) is 0 Å². The van der Waals surface area contributed by atoms with E-state index in [0.29, 0.717) is 24.5 Å². The fraction of sp³-hybridized carbons (Fsp3) is 0.375. The molecule has 32 heavy (non-hydrogen) atoms. The number of ether oxygens (including phenoxy) is 2. The van der Waals surface area contributed by atoms with Crippen LogP contribution in [0, 0.1) is 0 Å².